The smallest absolute Gasteiger partial charge is 0.241 e. The Balaban J connectivity index is 1.60. The predicted octanol–water partition coefficient (Wildman–Crippen LogP) is 3.44. The number of anilines is 1. The second kappa shape index (κ2) is 9.54. The molecule has 7 nitrogen and oxygen atoms in total. The van der Waals surface area contributed by atoms with Gasteiger partial charge in [0.2, 0.25) is 15.9 Å². The van der Waals surface area contributed by atoms with E-state index in [4.69, 9.17) is 9.47 Å². The molecule has 1 N–H and O–H groups in total. The number of nitrogens with one attached hydrogen (secondary N) is 1. The molecule has 0 unspecified atom stereocenters. The number of hydrogen-bond acceptors (Lipinski definition) is 5. The van der Waals surface area contributed by atoms with Crippen molar-refractivity contribution in [3.8, 4) is 11.5 Å². The number of fused-ring (bicyclic) bond motifs is 1. The number of hydrogen-bond donors (Lipinski definition) is 1. The fourth-order valence-electron chi connectivity index (χ4n) is 3.69. The van der Waals surface area contributed by atoms with E-state index in [9.17, 15) is 13.2 Å². The standard InChI is InChI=1S/C25H26N2O5S/c1-18-8-10-20(11-9-18)25(19-6-4-3-5-7-19)26-24(28)17-27(33(2,29)30)21-12-13-22-23(16-21)32-15-14-31-22/h3-13,16,25H,14-15,17H2,1-2H3,(H,26,28)/t25-/m0/s1. The van der Waals surface area contributed by atoms with Crippen molar-refractivity contribution in [1.29, 1.82) is 0 Å². The summed E-state index contributed by atoms with van der Waals surface area (Å²) in [7, 11) is -3.73. The molecule has 1 atom stereocenters. The molecule has 0 saturated heterocycles. The van der Waals surface area contributed by atoms with Crippen LogP contribution in [0.25, 0.3) is 0 Å². The van der Waals surface area contributed by atoms with Crippen LogP contribution in [0.5, 0.6) is 11.5 Å². The van der Waals surface area contributed by atoms with Crippen molar-refractivity contribution in [3.05, 3.63) is 89.5 Å². The normalized spacial score (nSPS) is 13.8. The van der Waals surface area contributed by atoms with Crippen LogP contribution < -0.4 is 19.1 Å². The maximum absolute atomic E-state index is 13.1. The van der Waals surface area contributed by atoms with Gasteiger partial charge in [0.25, 0.3) is 0 Å². The highest BCUT2D eigenvalue weighted by atomic mass is 32.2. The van der Waals surface area contributed by atoms with Gasteiger partial charge in [0.1, 0.15) is 19.8 Å². The summed E-state index contributed by atoms with van der Waals surface area (Å²) in [4.78, 5) is 13.1. The number of amides is 1. The molecular weight excluding hydrogens is 440 g/mol. The number of rotatable bonds is 7. The van der Waals surface area contributed by atoms with Gasteiger partial charge in [-0.25, -0.2) is 8.42 Å². The van der Waals surface area contributed by atoms with E-state index in [1.54, 1.807) is 18.2 Å². The van der Waals surface area contributed by atoms with Crippen molar-refractivity contribution in [1.82, 2.24) is 5.32 Å². The molecule has 0 fully saturated rings. The number of nitrogens with zero attached hydrogens (tertiary/aromatic N) is 1. The number of benzene rings is 3. The van der Waals surface area contributed by atoms with Crippen molar-refractivity contribution >= 4 is 21.6 Å². The third-order valence-corrected chi connectivity index (χ3v) is 6.49. The zero-order valence-electron chi connectivity index (χ0n) is 18.5. The molecule has 3 aromatic rings. The number of aryl methyl sites for hydroxylation is 1. The number of carbonyl (C=O) groups is 1. The van der Waals surface area contributed by atoms with Gasteiger partial charge in [-0.3, -0.25) is 9.10 Å². The van der Waals surface area contributed by atoms with Gasteiger partial charge in [0.15, 0.2) is 11.5 Å². The van der Waals surface area contributed by atoms with Crippen LogP contribution in [0.15, 0.2) is 72.8 Å². The fourth-order valence-corrected chi connectivity index (χ4v) is 4.54. The van der Waals surface area contributed by atoms with Crippen molar-refractivity contribution in [2.45, 2.75) is 13.0 Å². The van der Waals surface area contributed by atoms with Gasteiger partial charge in [-0.15, -0.1) is 0 Å². The van der Waals surface area contributed by atoms with E-state index >= 15 is 0 Å². The third kappa shape index (κ3) is 5.46. The lowest BCUT2D eigenvalue weighted by atomic mass is 9.98. The van der Waals surface area contributed by atoms with Crippen LogP contribution in [0.3, 0.4) is 0 Å². The molecule has 8 heteroatoms. The summed E-state index contributed by atoms with van der Waals surface area (Å²) in [6.07, 6.45) is 1.08. The minimum absolute atomic E-state index is 0.337. The Morgan fingerprint density at radius 1 is 0.939 bits per heavy atom. The lowest BCUT2D eigenvalue weighted by molar-refractivity contribution is -0.120. The first-order chi connectivity index (χ1) is 15.8. The first-order valence-corrected chi connectivity index (χ1v) is 12.4. The van der Waals surface area contributed by atoms with Gasteiger partial charge < -0.3 is 14.8 Å². The third-order valence-electron chi connectivity index (χ3n) is 5.35. The highest BCUT2D eigenvalue weighted by molar-refractivity contribution is 7.92. The first-order valence-electron chi connectivity index (χ1n) is 10.6. The van der Waals surface area contributed by atoms with Crippen molar-refractivity contribution in [3.63, 3.8) is 0 Å². The Morgan fingerprint density at radius 3 is 2.24 bits per heavy atom. The molecule has 1 amide bonds. The lowest BCUT2D eigenvalue weighted by Gasteiger charge is -2.26. The number of ether oxygens (including phenoxy) is 2. The molecule has 33 heavy (non-hydrogen) atoms. The Morgan fingerprint density at radius 2 is 1.58 bits per heavy atom. The SMILES string of the molecule is Cc1ccc([C@@H](NC(=O)CN(c2ccc3c(c2)OCCO3)S(C)(=O)=O)c2ccccc2)cc1. The Kier molecular flexibility index (Phi) is 6.55. The van der Waals surface area contributed by atoms with Gasteiger partial charge in [-0.05, 0) is 30.2 Å². The molecule has 0 bridgehead atoms. The molecule has 0 spiro atoms. The van der Waals surface area contributed by atoms with Crippen molar-refractivity contribution in [2.75, 3.05) is 30.3 Å². The van der Waals surface area contributed by atoms with E-state index < -0.39 is 22.0 Å². The second-order valence-electron chi connectivity index (χ2n) is 7.92. The lowest BCUT2D eigenvalue weighted by Crippen LogP contribution is -2.41. The Hall–Kier alpha value is -3.52. The molecule has 1 heterocycles. The molecule has 0 saturated carbocycles. The molecular formula is C25H26N2O5S. The van der Waals surface area contributed by atoms with Crippen LogP contribution in [0, 0.1) is 6.92 Å². The van der Waals surface area contributed by atoms with E-state index in [-0.39, 0.29) is 6.54 Å². The van der Waals surface area contributed by atoms with Gasteiger partial charge in [0, 0.05) is 6.07 Å². The summed E-state index contributed by atoms with van der Waals surface area (Å²) in [5.74, 6) is 0.575. The van der Waals surface area contributed by atoms with Crippen LogP contribution in [0.4, 0.5) is 5.69 Å². The highest BCUT2D eigenvalue weighted by Crippen LogP contribution is 2.34. The molecule has 0 aliphatic carbocycles. The van der Waals surface area contributed by atoms with Crippen molar-refractivity contribution in [2.24, 2.45) is 0 Å². The van der Waals surface area contributed by atoms with E-state index in [0.717, 1.165) is 27.3 Å². The summed E-state index contributed by atoms with van der Waals surface area (Å²) in [6, 6.07) is 21.9. The van der Waals surface area contributed by atoms with Crippen LogP contribution in [0.2, 0.25) is 0 Å². The largest absolute Gasteiger partial charge is 0.486 e. The molecule has 0 aromatic heterocycles. The van der Waals surface area contributed by atoms with Gasteiger partial charge >= 0.3 is 0 Å². The highest BCUT2D eigenvalue weighted by Gasteiger charge is 2.25. The van der Waals surface area contributed by atoms with E-state index in [1.807, 2.05) is 61.5 Å². The molecule has 1 aliphatic heterocycles. The predicted molar refractivity (Wildman–Crippen MR) is 127 cm³/mol. The molecule has 4 rings (SSSR count). The zero-order chi connectivity index (χ0) is 23.4. The summed E-state index contributed by atoms with van der Waals surface area (Å²) >= 11 is 0. The second-order valence-corrected chi connectivity index (χ2v) is 9.83. The average Bonchev–Trinajstić information content (AvgIpc) is 2.81. The zero-order valence-corrected chi connectivity index (χ0v) is 19.3. The topological polar surface area (TPSA) is 84.9 Å². The minimum Gasteiger partial charge on any atom is -0.486 e. The summed E-state index contributed by atoms with van der Waals surface area (Å²) in [5.41, 5.74) is 3.26. The van der Waals surface area contributed by atoms with Gasteiger partial charge in [0.05, 0.1) is 18.0 Å². The summed E-state index contributed by atoms with van der Waals surface area (Å²) < 4.78 is 37.3. The number of sulfonamides is 1. The van der Waals surface area contributed by atoms with Crippen LogP contribution in [-0.4, -0.2) is 40.3 Å². The van der Waals surface area contributed by atoms with E-state index in [0.29, 0.717) is 30.4 Å². The average molecular weight is 467 g/mol. The molecule has 172 valence electrons. The summed E-state index contributed by atoms with van der Waals surface area (Å²) in [5, 5.41) is 3.00. The maximum Gasteiger partial charge on any atom is 0.241 e. The quantitative estimate of drug-likeness (QED) is 0.577. The van der Waals surface area contributed by atoms with E-state index in [2.05, 4.69) is 5.32 Å². The maximum atomic E-state index is 13.1. The Labute approximate surface area is 194 Å². The fraction of sp³-hybridized carbons (Fsp3) is 0.240. The van der Waals surface area contributed by atoms with Crippen LogP contribution in [-0.2, 0) is 14.8 Å². The van der Waals surface area contributed by atoms with Crippen LogP contribution >= 0.6 is 0 Å². The Bertz CT molecular complexity index is 1230. The summed E-state index contributed by atoms with van der Waals surface area (Å²) in [6.45, 7) is 2.44. The number of carbonyl (C=O) groups excluding carboxylic acids is 1. The van der Waals surface area contributed by atoms with E-state index in [1.165, 1.54) is 0 Å². The molecule has 3 aromatic carbocycles. The molecule has 0 radical (unpaired) electrons. The minimum atomic E-state index is -3.73. The van der Waals surface area contributed by atoms with Gasteiger partial charge in [-0.1, -0.05) is 60.2 Å². The molecule has 1 aliphatic rings. The monoisotopic (exact) mass is 466 g/mol. The van der Waals surface area contributed by atoms with Crippen molar-refractivity contribution < 1.29 is 22.7 Å². The van der Waals surface area contributed by atoms with Gasteiger partial charge in [-0.2, -0.15) is 0 Å². The first kappa shape index (κ1) is 22.7. The van der Waals surface area contributed by atoms with Crippen LogP contribution in [0.1, 0.15) is 22.7 Å².